The summed E-state index contributed by atoms with van der Waals surface area (Å²) in [5, 5.41) is 2.65. The van der Waals surface area contributed by atoms with Gasteiger partial charge in [0.1, 0.15) is 9.84 Å². The summed E-state index contributed by atoms with van der Waals surface area (Å²) in [7, 11) is -3.00. The number of amides is 1. The zero-order valence-corrected chi connectivity index (χ0v) is 12.8. The van der Waals surface area contributed by atoms with Crippen molar-refractivity contribution in [1.29, 1.82) is 0 Å². The van der Waals surface area contributed by atoms with Crippen LogP contribution in [0.3, 0.4) is 0 Å². The first-order valence-corrected chi connectivity index (χ1v) is 9.19. The second-order valence-corrected chi connectivity index (χ2v) is 8.81. The summed E-state index contributed by atoms with van der Waals surface area (Å²) in [6.45, 7) is 1.96. The third-order valence-corrected chi connectivity index (χ3v) is 6.17. The number of carbonyl (C=O) groups excluding carboxylic acids is 1. The summed E-state index contributed by atoms with van der Waals surface area (Å²) in [4.78, 5) is 13.8. The van der Waals surface area contributed by atoms with Gasteiger partial charge in [0.2, 0.25) is 0 Å². The molecule has 1 aliphatic carbocycles. The van der Waals surface area contributed by atoms with Gasteiger partial charge in [-0.25, -0.2) is 8.42 Å². The van der Waals surface area contributed by atoms with Crippen molar-refractivity contribution in [3.05, 3.63) is 21.9 Å². The molecular weight excluding hydrogens is 282 g/mol. The molecule has 19 heavy (non-hydrogen) atoms. The van der Waals surface area contributed by atoms with Crippen LogP contribution in [-0.4, -0.2) is 31.9 Å². The number of nitrogens with one attached hydrogen (secondary N) is 1. The van der Waals surface area contributed by atoms with E-state index >= 15 is 0 Å². The van der Waals surface area contributed by atoms with Crippen molar-refractivity contribution >= 4 is 27.1 Å². The molecule has 1 saturated carbocycles. The lowest BCUT2D eigenvalue weighted by atomic mass is 9.95. The summed E-state index contributed by atoms with van der Waals surface area (Å²) in [5.41, 5.74) is 0. The van der Waals surface area contributed by atoms with Crippen LogP contribution in [0, 0.1) is 6.92 Å². The minimum atomic E-state index is -3.00. The molecule has 1 amide bonds. The Morgan fingerprint density at radius 3 is 2.68 bits per heavy atom. The van der Waals surface area contributed by atoms with Gasteiger partial charge in [-0.3, -0.25) is 4.79 Å². The molecule has 0 spiro atoms. The molecule has 1 heterocycles. The van der Waals surface area contributed by atoms with Gasteiger partial charge in [-0.1, -0.05) is 6.42 Å². The Hall–Kier alpha value is -0.880. The number of hydrogen-bond acceptors (Lipinski definition) is 4. The van der Waals surface area contributed by atoms with Crippen molar-refractivity contribution in [2.75, 3.05) is 6.26 Å². The number of aryl methyl sites for hydroxylation is 1. The molecule has 2 atom stereocenters. The highest BCUT2D eigenvalue weighted by atomic mass is 32.2. The van der Waals surface area contributed by atoms with Gasteiger partial charge in [-0.15, -0.1) is 11.3 Å². The summed E-state index contributed by atoms with van der Waals surface area (Å²) >= 11 is 1.46. The molecule has 2 unspecified atom stereocenters. The maximum Gasteiger partial charge on any atom is 0.261 e. The highest BCUT2D eigenvalue weighted by Gasteiger charge is 2.29. The van der Waals surface area contributed by atoms with Crippen molar-refractivity contribution < 1.29 is 13.2 Å². The zero-order valence-electron chi connectivity index (χ0n) is 11.2. The van der Waals surface area contributed by atoms with E-state index in [1.54, 1.807) is 0 Å². The Balaban J connectivity index is 1.98. The van der Waals surface area contributed by atoms with E-state index in [-0.39, 0.29) is 17.2 Å². The largest absolute Gasteiger partial charge is 0.349 e. The molecule has 0 bridgehead atoms. The molecule has 1 aromatic rings. The molecule has 6 heteroatoms. The maximum atomic E-state index is 12.0. The van der Waals surface area contributed by atoms with Crippen molar-refractivity contribution in [1.82, 2.24) is 5.32 Å². The van der Waals surface area contributed by atoms with Crippen LogP contribution in [0.1, 0.15) is 40.2 Å². The predicted octanol–water partition coefficient (Wildman–Crippen LogP) is 2.14. The van der Waals surface area contributed by atoms with Crippen LogP contribution in [0.4, 0.5) is 0 Å². The van der Waals surface area contributed by atoms with Gasteiger partial charge in [0.25, 0.3) is 5.91 Å². The molecule has 2 rings (SSSR count). The van der Waals surface area contributed by atoms with Gasteiger partial charge < -0.3 is 5.32 Å². The zero-order chi connectivity index (χ0) is 14.0. The van der Waals surface area contributed by atoms with E-state index in [9.17, 15) is 13.2 Å². The number of hydrogen-bond donors (Lipinski definition) is 1. The van der Waals surface area contributed by atoms with Crippen LogP contribution in [0.15, 0.2) is 12.1 Å². The highest BCUT2D eigenvalue weighted by Crippen LogP contribution is 2.24. The lowest BCUT2D eigenvalue weighted by Gasteiger charge is -2.28. The molecule has 0 aliphatic heterocycles. The standard InChI is InChI=1S/C13H19NO3S2/c1-9-6-7-12(18-9)13(15)14-10-4-3-5-11(8-10)19(2,16)17/h6-7,10-11H,3-5,8H2,1-2H3,(H,14,15). The first-order chi connectivity index (χ1) is 8.86. The van der Waals surface area contributed by atoms with Crippen LogP contribution >= 0.6 is 11.3 Å². The van der Waals surface area contributed by atoms with Crippen LogP contribution in [0.25, 0.3) is 0 Å². The van der Waals surface area contributed by atoms with E-state index in [0.29, 0.717) is 17.7 Å². The molecule has 4 nitrogen and oxygen atoms in total. The number of rotatable bonds is 3. The number of carbonyl (C=O) groups is 1. The molecule has 0 radical (unpaired) electrons. The van der Waals surface area contributed by atoms with Gasteiger partial charge in [-0.2, -0.15) is 0 Å². The van der Waals surface area contributed by atoms with Gasteiger partial charge >= 0.3 is 0 Å². The van der Waals surface area contributed by atoms with E-state index in [1.165, 1.54) is 17.6 Å². The Kier molecular flexibility index (Phi) is 4.30. The van der Waals surface area contributed by atoms with Crippen molar-refractivity contribution in [2.24, 2.45) is 0 Å². The average Bonchev–Trinajstić information content (AvgIpc) is 2.75. The summed E-state index contributed by atoms with van der Waals surface area (Å²) in [6, 6.07) is 3.70. The monoisotopic (exact) mass is 301 g/mol. The van der Waals surface area contributed by atoms with Crippen LogP contribution in [0.2, 0.25) is 0 Å². The fourth-order valence-electron chi connectivity index (χ4n) is 2.48. The molecular formula is C13H19NO3S2. The topological polar surface area (TPSA) is 63.2 Å². The fraction of sp³-hybridized carbons (Fsp3) is 0.615. The van der Waals surface area contributed by atoms with Crippen molar-refractivity contribution in [3.63, 3.8) is 0 Å². The van der Waals surface area contributed by atoms with Crippen LogP contribution in [0.5, 0.6) is 0 Å². The second-order valence-electron chi connectivity index (χ2n) is 5.20. The molecule has 0 saturated heterocycles. The van der Waals surface area contributed by atoms with Crippen LogP contribution < -0.4 is 5.32 Å². The van der Waals surface area contributed by atoms with E-state index in [0.717, 1.165) is 17.7 Å². The fourth-order valence-corrected chi connectivity index (χ4v) is 4.43. The number of thiophene rings is 1. The van der Waals surface area contributed by atoms with Crippen molar-refractivity contribution in [2.45, 2.75) is 43.9 Å². The molecule has 1 aromatic heterocycles. The highest BCUT2D eigenvalue weighted by molar-refractivity contribution is 7.91. The normalized spacial score (nSPS) is 24.1. The second kappa shape index (κ2) is 5.63. The molecule has 0 aromatic carbocycles. The third-order valence-electron chi connectivity index (χ3n) is 3.53. The number of sulfone groups is 1. The van der Waals surface area contributed by atoms with Gasteiger partial charge in [0.15, 0.2) is 0 Å². The van der Waals surface area contributed by atoms with Crippen molar-refractivity contribution in [3.8, 4) is 0 Å². The quantitative estimate of drug-likeness (QED) is 0.930. The first-order valence-electron chi connectivity index (χ1n) is 6.42. The van der Waals surface area contributed by atoms with Gasteiger partial charge in [0, 0.05) is 17.2 Å². The Morgan fingerprint density at radius 2 is 2.11 bits per heavy atom. The van der Waals surface area contributed by atoms with E-state index < -0.39 is 9.84 Å². The van der Waals surface area contributed by atoms with Gasteiger partial charge in [-0.05, 0) is 38.3 Å². The summed E-state index contributed by atoms with van der Waals surface area (Å²) < 4.78 is 23.2. The minimum absolute atomic E-state index is 0.0246. The summed E-state index contributed by atoms with van der Waals surface area (Å²) in [5.74, 6) is -0.0859. The Labute approximate surface area is 118 Å². The lowest BCUT2D eigenvalue weighted by molar-refractivity contribution is 0.0932. The Bertz CT molecular complexity index is 562. The third kappa shape index (κ3) is 3.79. The lowest BCUT2D eigenvalue weighted by Crippen LogP contribution is -2.41. The first kappa shape index (κ1) is 14.5. The van der Waals surface area contributed by atoms with Gasteiger partial charge in [0.05, 0.1) is 10.1 Å². The molecule has 1 fully saturated rings. The smallest absolute Gasteiger partial charge is 0.261 e. The summed E-state index contributed by atoms with van der Waals surface area (Å²) in [6.07, 6.45) is 4.25. The minimum Gasteiger partial charge on any atom is -0.349 e. The molecule has 1 N–H and O–H groups in total. The SMILES string of the molecule is Cc1ccc(C(=O)NC2CCCC(S(C)(=O)=O)C2)s1. The van der Waals surface area contributed by atoms with Crippen LogP contribution in [-0.2, 0) is 9.84 Å². The Morgan fingerprint density at radius 1 is 1.37 bits per heavy atom. The predicted molar refractivity (Wildman–Crippen MR) is 77.4 cm³/mol. The van der Waals surface area contributed by atoms with E-state index in [1.807, 2.05) is 19.1 Å². The average molecular weight is 301 g/mol. The molecule has 1 aliphatic rings. The van der Waals surface area contributed by atoms with E-state index in [4.69, 9.17) is 0 Å². The maximum absolute atomic E-state index is 12.0. The van der Waals surface area contributed by atoms with E-state index in [2.05, 4.69) is 5.32 Å². The molecule has 106 valence electrons.